The third-order valence-electron chi connectivity index (χ3n) is 4.95. The van der Waals surface area contributed by atoms with Crippen molar-refractivity contribution in [1.29, 1.82) is 0 Å². The Morgan fingerprint density at radius 3 is 2.44 bits per heavy atom. The summed E-state index contributed by atoms with van der Waals surface area (Å²) in [6, 6.07) is 13.9. The lowest BCUT2D eigenvalue weighted by Gasteiger charge is -2.15. The number of halogens is 1. The summed E-state index contributed by atoms with van der Waals surface area (Å²) < 4.78 is 31.8. The van der Waals surface area contributed by atoms with Crippen molar-refractivity contribution in [2.24, 2.45) is 0 Å². The molecule has 3 aromatic rings. The molecular formula is C23H18ClN3O6S. The van der Waals surface area contributed by atoms with E-state index >= 15 is 0 Å². The highest BCUT2D eigenvalue weighted by atomic mass is 35.5. The first-order valence-corrected chi connectivity index (χ1v) is 11.8. The zero-order valence-electron chi connectivity index (χ0n) is 18.0. The minimum atomic E-state index is -3.95. The quantitative estimate of drug-likeness (QED) is 0.410. The molecule has 2 heterocycles. The maximum atomic E-state index is 12.8. The van der Waals surface area contributed by atoms with Crippen LogP contribution in [-0.4, -0.2) is 26.1 Å². The molecule has 3 amide bonds. The molecule has 0 radical (unpaired) electrons. The van der Waals surface area contributed by atoms with Crippen molar-refractivity contribution >= 4 is 51.1 Å². The Bertz CT molecular complexity index is 1460. The zero-order chi connectivity index (χ0) is 24.6. The topological polar surface area (TPSA) is 126 Å². The molecule has 1 saturated heterocycles. The summed E-state index contributed by atoms with van der Waals surface area (Å²) >= 11 is 6.13. The van der Waals surface area contributed by atoms with Crippen LogP contribution in [0.4, 0.5) is 5.69 Å². The summed E-state index contributed by atoms with van der Waals surface area (Å²) in [5, 5.41) is 1.57. The Labute approximate surface area is 200 Å². The molecule has 11 heteroatoms. The second kappa shape index (κ2) is 8.81. The third-order valence-corrected chi connectivity index (χ3v) is 6.80. The average molecular weight is 500 g/mol. The molecule has 0 bridgehead atoms. The number of rotatable bonds is 5. The van der Waals surface area contributed by atoms with E-state index in [-0.39, 0.29) is 16.2 Å². The highest BCUT2D eigenvalue weighted by molar-refractivity contribution is 7.90. The Kier molecular flexibility index (Phi) is 6.03. The Morgan fingerprint density at radius 1 is 1.09 bits per heavy atom. The molecule has 2 N–H and O–H groups in total. The SMILES string of the molecule is CC(=O)NS(=O)(=O)c1ccc(-c2ccc(/C=C3/C(=O)NN(c4ccc(C)c(Cl)c4)C3=O)o2)cc1. The lowest BCUT2D eigenvalue weighted by atomic mass is 10.2. The number of amides is 3. The van der Waals surface area contributed by atoms with E-state index in [1.54, 1.807) is 30.3 Å². The van der Waals surface area contributed by atoms with Gasteiger partial charge in [0.1, 0.15) is 17.1 Å². The molecule has 1 fully saturated rings. The van der Waals surface area contributed by atoms with E-state index in [2.05, 4.69) is 5.43 Å². The number of benzene rings is 2. The minimum Gasteiger partial charge on any atom is -0.457 e. The van der Waals surface area contributed by atoms with Crippen LogP contribution in [0.2, 0.25) is 5.02 Å². The fraction of sp³-hybridized carbons (Fsp3) is 0.0870. The van der Waals surface area contributed by atoms with E-state index < -0.39 is 27.7 Å². The van der Waals surface area contributed by atoms with E-state index in [0.29, 0.717) is 22.0 Å². The highest BCUT2D eigenvalue weighted by Gasteiger charge is 2.35. The molecule has 9 nitrogen and oxygen atoms in total. The van der Waals surface area contributed by atoms with Gasteiger partial charge in [0.25, 0.3) is 21.8 Å². The molecule has 1 aliphatic rings. The second-order valence-corrected chi connectivity index (χ2v) is 9.55. The number of aryl methyl sites for hydroxylation is 1. The first kappa shape index (κ1) is 23.3. The van der Waals surface area contributed by atoms with Gasteiger partial charge < -0.3 is 4.42 Å². The van der Waals surface area contributed by atoms with Crippen LogP contribution in [0.1, 0.15) is 18.2 Å². The summed E-state index contributed by atoms with van der Waals surface area (Å²) in [6.45, 7) is 2.93. The summed E-state index contributed by atoms with van der Waals surface area (Å²) in [5.74, 6) is -1.19. The van der Waals surface area contributed by atoms with Gasteiger partial charge >= 0.3 is 0 Å². The number of carbonyl (C=O) groups excluding carboxylic acids is 3. The number of hydrogen-bond acceptors (Lipinski definition) is 6. The molecule has 1 aliphatic heterocycles. The molecule has 1 aromatic heterocycles. The Hall–Kier alpha value is -3.89. The predicted molar refractivity (Wildman–Crippen MR) is 125 cm³/mol. The molecule has 4 rings (SSSR count). The maximum Gasteiger partial charge on any atom is 0.282 e. The van der Waals surface area contributed by atoms with Gasteiger partial charge in [-0.15, -0.1) is 0 Å². The van der Waals surface area contributed by atoms with Crippen LogP contribution in [0.25, 0.3) is 17.4 Å². The normalized spacial score (nSPS) is 15.0. The molecule has 0 aliphatic carbocycles. The fourth-order valence-corrected chi connectivity index (χ4v) is 4.40. The van der Waals surface area contributed by atoms with Crippen molar-refractivity contribution in [2.75, 3.05) is 5.01 Å². The number of nitrogens with zero attached hydrogens (tertiary/aromatic N) is 1. The Balaban J connectivity index is 1.56. The Morgan fingerprint density at radius 2 is 1.79 bits per heavy atom. The highest BCUT2D eigenvalue weighted by Crippen LogP contribution is 2.28. The van der Waals surface area contributed by atoms with Gasteiger partial charge in [-0.25, -0.2) is 18.1 Å². The molecule has 34 heavy (non-hydrogen) atoms. The summed E-state index contributed by atoms with van der Waals surface area (Å²) in [5.41, 5.74) is 4.20. The minimum absolute atomic E-state index is 0.0788. The van der Waals surface area contributed by atoms with E-state index in [9.17, 15) is 22.8 Å². The molecule has 174 valence electrons. The average Bonchev–Trinajstić information content (AvgIpc) is 3.35. The predicted octanol–water partition coefficient (Wildman–Crippen LogP) is 3.19. The molecular weight excluding hydrogens is 482 g/mol. The summed E-state index contributed by atoms with van der Waals surface area (Å²) in [7, 11) is -3.95. The van der Waals surface area contributed by atoms with Gasteiger partial charge in [0, 0.05) is 17.5 Å². The monoisotopic (exact) mass is 499 g/mol. The largest absolute Gasteiger partial charge is 0.457 e. The smallest absolute Gasteiger partial charge is 0.282 e. The first-order valence-electron chi connectivity index (χ1n) is 9.92. The lowest BCUT2D eigenvalue weighted by Crippen LogP contribution is -2.35. The second-order valence-electron chi connectivity index (χ2n) is 7.46. The first-order chi connectivity index (χ1) is 16.0. The van der Waals surface area contributed by atoms with Crippen molar-refractivity contribution in [3.05, 3.63) is 76.5 Å². The number of nitrogens with one attached hydrogen (secondary N) is 2. The van der Waals surface area contributed by atoms with Crippen molar-refractivity contribution < 1.29 is 27.2 Å². The summed E-state index contributed by atoms with van der Waals surface area (Å²) in [4.78, 5) is 36.2. The molecule has 2 aromatic carbocycles. The van der Waals surface area contributed by atoms with Crippen molar-refractivity contribution in [3.63, 3.8) is 0 Å². The van der Waals surface area contributed by atoms with E-state index in [1.807, 2.05) is 11.6 Å². The number of carbonyl (C=O) groups is 3. The standard InChI is InChI=1S/C23H18ClN3O6S/c1-13-3-6-16(11-20(13)24)27-23(30)19(22(29)25-27)12-17-7-10-21(33-17)15-4-8-18(9-5-15)34(31,32)26-14(2)28/h3-12H,1-2H3,(H,25,29)(H,26,28)/b19-12-. The number of hydrazine groups is 1. The van der Waals surface area contributed by atoms with Crippen LogP contribution in [-0.2, 0) is 24.4 Å². The number of sulfonamides is 1. The van der Waals surface area contributed by atoms with E-state index in [0.717, 1.165) is 17.5 Å². The van der Waals surface area contributed by atoms with Crippen molar-refractivity contribution in [2.45, 2.75) is 18.7 Å². The molecule has 0 unspecified atom stereocenters. The van der Waals surface area contributed by atoms with Crippen LogP contribution in [0.5, 0.6) is 0 Å². The van der Waals surface area contributed by atoms with Gasteiger partial charge in [-0.2, -0.15) is 0 Å². The summed E-state index contributed by atoms with van der Waals surface area (Å²) in [6.07, 6.45) is 1.33. The van der Waals surface area contributed by atoms with E-state index in [4.69, 9.17) is 16.0 Å². The third kappa shape index (κ3) is 4.59. The lowest BCUT2D eigenvalue weighted by molar-refractivity contribution is -0.118. The zero-order valence-corrected chi connectivity index (χ0v) is 19.5. The van der Waals surface area contributed by atoms with Gasteiger partial charge in [0.2, 0.25) is 5.91 Å². The number of anilines is 1. The van der Waals surface area contributed by atoms with Crippen molar-refractivity contribution in [3.8, 4) is 11.3 Å². The number of furan rings is 1. The van der Waals surface area contributed by atoms with Crippen LogP contribution >= 0.6 is 11.6 Å². The van der Waals surface area contributed by atoms with Crippen LogP contribution in [0, 0.1) is 6.92 Å². The van der Waals surface area contributed by atoms with Gasteiger partial charge in [-0.3, -0.25) is 19.8 Å². The van der Waals surface area contributed by atoms with Crippen LogP contribution in [0.15, 0.2) is 69.5 Å². The molecule has 0 spiro atoms. The van der Waals surface area contributed by atoms with Gasteiger partial charge in [0.05, 0.1) is 10.6 Å². The van der Waals surface area contributed by atoms with Crippen molar-refractivity contribution in [1.82, 2.24) is 10.1 Å². The molecule has 0 atom stereocenters. The molecule has 0 saturated carbocycles. The van der Waals surface area contributed by atoms with Gasteiger partial charge in [-0.1, -0.05) is 17.7 Å². The van der Waals surface area contributed by atoms with Crippen LogP contribution < -0.4 is 15.2 Å². The maximum absolute atomic E-state index is 12.8. The van der Waals surface area contributed by atoms with Gasteiger partial charge in [0.15, 0.2) is 0 Å². The van der Waals surface area contributed by atoms with E-state index in [1.165, 1.54) is 30.3 Å². The van der Waals surface area contributed by atoms with Crippen LogP contribution in [0.3, 0.4) is 0 Å². The fourth-order valence-electron chi connectivity index (χ4n) is 3.23. The van der Waals surface area contributed by atoms with Gasteiger partial charge in [-0.05, 0) is 67.1 Å². The number of hydrogen-bond donors (Lipinski definition) is 2.